The van der Waals surface area contributed by atoms with Crippen molar-refractivity contribution in [1.82, 2.24) is 10.3 Å². The van der Waals surface area contributed by atoms with Gasteiger partial charge in [0, 0.05) is 5.38 Å². The van der Waals surface area contributed by atoms with Crippen LogP contribution in [-0.2, 0) is 0 Å². The molecule has 3 nitrogen and oxygen atoms in total. The molecule has 1 saturated carbocycles. The Morgan fingerprint density at radius 3 is 3.00 bits per heavy atom. The summed E-state index contributed by atoms with van der Waals surface area (Å²) >= 11 is 1.62. The van der Waals surface area contributed by atoms with Gasteiger partial charge in [0.15, 0.2) is 0 Å². The first-order valence-electron chi connectivity index (χ1n) is 6.19. The average molecular weight is 260 g/mol. The van der Waals surface area contributed by atoms with E-state index in [9.17, 15) is 0 Å². The minimum absolute atomic E-state index is 0.138. The van der Waals surface area contributed by atoms with E-state index in [-0.39, 0.29) is 6.04 Å². The van der Waals surface area contributed by atoms with E-state index in [1.165, 1.54) is 18.4 Å². The van der Waals surface area contributed by atoms with E-state index >= 15 is 0 Å². The van der Waals surface area contributed by atoms with E-state index in [2.05, 4.69) is 27.8 Å². The van der Waals surface area contributed by atoms with Crippen molar-refractivity contribution in [3.8, 4) is 5.75 Å². The number of aromatic nitrogens is 1. The molecule has 1 fully saturated rings. The Labute approximate surface area is 111 Å². The van der Waals surface area contributed by atoms with Crippen LogP contribution < -0.4 is 10.1 Å². The van der Waals surface area contributed by atoms with Crippen molar-refractivity contribution in [1.29, 1.82) is 0 Å². The highest BCUT2D eigenvalue weighted by Gasteiger charge is 2.24. The fourth-order valence-corrected chi connectivity index (χ4v) is 2.58. The average Bonchev–Trinajstić information content (AvgIpc) is 3.04. The second-order valence-corrected chi connectivity index (χ2v) is 5.24. The predicted molar refractivity (Wildman–Crippen MR) is 73.1 cm³/mol. The first kappa shape index (κ1) is 11.7. The molecule has 1 heterocycles. The number of hydrogen-bond acceptors (Lipinski definition) is 4. The molecule has 3 rings (SSSR count). The van der Waals surface area contributed by atoms with Gasteiger partial charge in [0.25, 0.3) is 0 Å². The molecule has 1 N–H and O–H groups in total. The van der Waals surface area contributed by atoms with Gasteiger partial charge in [-0.05, 0) is 37.6 Å². The topological polar surface area (TPSA) is 34.1 Å². The van der Waals surface area contributed by atoms with E-state index in [0.29, 0.717) is 6.10 Å². The van der Waals surface area contributed by atoms with Crippen LogP contribution in [0.15, 0.2) is 35.2 Å². The molecule has 94 valence electrons. The number of nitrogens with one attached hydrogen (secondary N) is 1. The summed E-state index contributed by atoms with van der Waals surface area (Å²) in [6, 6.07) is 8.43. The van der Waals surface area contributed by atoms with Crippen LogP contribution in [0.2, 0.25) is 0 Å². The fraction of sp³-hybridized carbons (Fsp3) is 0.357. The van der Waals surface area contributed by atoms with Crippen molar-refractivity contribution in [2.45, 2.75) is 25.0 Å². The molecule has 1 atom stereocenters. The highest BCUT2D eigenvalue weighted by Crippen LogP contribution is 2.29. The Bertz CT molecular complexity index is 508. The van der Waals surface area contributed by atoms with Gasteiger partial charge >= 0.3 is 0 Å². The number of rotatable bonds is 5. The molecule has 1 aliphatic carbocycles. The third-order valence-corrected chi connectivity index (χ3v) is 3.66. The van der Waals surface area contributed by atoms with Crippen LogP contribution in [0.5, 0.6) is 5.75 Å². The fourth-order valence-electron chi connectivity index (χ4n) is 2.00. The molecular weight excluding hydrogens is 244 g/mol. The van der Waals surface area contributed by atoms with Gasteiger partial charge in [-0.3, -0.25) is 0 Å². The summed E-state index contributed by atoms with van der Waals surface area (Å²) in [7, 11) is 1.96. The monoisotopic (exact) mass is 260 g/mol. The molecule has 1 aromatic heterocycles. The highest BCUT2D eigenvalue weighted by molar-refractivity contribution is 7.07. The van der Waals surface area contributed by atoms with Gasteiger partial charge in [-0.1, -0.05) is 12.1 Å². The van der Waals surface area contributed by atoms with Gasteiger partial charge in [-0.2, -0.15) is 0 Å². The standard InChI is InChI=1S/C14H16N2OS/c1-15-14(13-8-18-9-16-13)10-3-2-4-12(7-10)17-11-5-6-11/h2-4,7-9,11,14-15H,5-6H2,1H3. The molecule has 18 heavy (non-hydrogen) atoms. The van der Waals surface area contributed by atoms with Crippen molar-refractivity contribution in [2.24, 2.45) is 0 Å². The Morgan fingerprint density at radius 1 is 1.44 bits per heavy atom. The van der Waals surface area contributed by atoms with E-state index in [1.807, 2.05) is 24.7 Å². The van der Waals surface area contributed by atoms with Gasteiger partial charge in [-0.25, -0.2) is 4.98 Å². The van der Waals surface area contributed by atoms with Crippen molar-refractivity contribution >= 4 is 11.3 Å². The molecule has 0 amide bonds. The van der Waals surface area contributed by atoms with Crippen LogP contribution in [0, 0.1) is 0 Å². The number of benzene rings is 1. The summed E-state index contributed by atoms with van der Waals surface area (Å²) in [6.45, 7) is 0. The van der Waals surface area contributed by atoms with Crippen molar-refractivity contribution < 1.29 is 4.74 Å². The minimum atomic E-state index is 0.138. The van der Waals surface area contributed by atoms with Gasteiger partial charge < -0.3 is 10.1 Å². The molecular formula is C14H16N2OS. The summed E-state index contributed by atoms with van der Waals surface area (Å²) in [5, 5.41) is 5.38. The first-order chi connectivity index (χ1) is 8.86. The summed E-state index contributed by atoms with van der Waals surface area (Å²) in [6.07, 6.45) is 2.81. The van der Waals surface area contributed by atoms with Crippen molar-refractivity contribution in [3.63, 3.8) is 0 Å². The summed E-state index contributed by atoms with van der Waals surface area (Å²) in [4.78, 5) is 4.38. The normalized spacial score (nSPS) is 16.5. The molecule has 0 saturated heterocycles. The van der Waals surface area contributed by atoms with Crippen LogP contribution in [0.3, 0.4) is 0 Å². The Kier molecular flexibility index (Phi) is 3.30. The lowest BCUT2D eigenvalue weighted by Gasteiger charge is -2.15. The molecule has 1 unspecified atom stereocenters. The zero-order valence-corrected chi connectivity index (χ0v) is 11.1. The third kappa shape index (κ3) is 2.54. The van der Waals surface area contributed by atoms with Crippen LogP contribution in [0.4, 0.5) is 0 Å². The summed E-state index contributed by atoms with van der Waals surface area (Å²) < 4.78 is 5.83. The smallest absolute Gasteiger partial charge is 0.120 e. The molecule has 0 radical (unpaired) electrons. The maximum Gasteiger partial charge on any atom is 0.120 e. The van der Waals surface area contributed by atoms with Crippen LogP contribution in [0.1, 0.15) is 30.1 Å². The van der Waals surface area contributed by atoms with E-state index in [1.54, 1.807) is 11.3 Å². The molecule has 0 aliphatic heterocycles. The summed E-state index contributed by atoms with van der Waals surface area (Å²) in [5.41, 5.74) is 4.12. The van der Waals surface area contributed by atoms with Gasteiger partial charge in [0.05, 0.1) is 23.4 Å². The van der Waals surface area contributed by atoms with Crippen molar-refractivity contribution in [2.75, 3.05) is 7.05 Å². The molecule has 4 heteroatoms. The number of ether oxygens (including phenoxy) is 1. The van der Waals surface area contributed by atoms with Crippen LogP contribution in [-0.4, -0.2) is 18.1 Å². The second kappa shape index (κ2) is 5.08. The lowest BCUT2D eigenvalue weighted by Crippen LogP contribution is -2.18. The van der Waals surface area contributed by atoms with Crippen LogP contribution in [0.25, 0.3) is 0 Å². The molecule has 1 aliphatic rings. The number of hydrogen-bond donors (Lipinski definition) is 1. The molecule has 0 bridgehead atoms. The quantitative estimate of drug-likeness (QED) is 0.897. The van der Waals surface area contributed by atoms with Crippen LogP contribution >= 0.6 is 11.3 Å². The molecule has 0 spiro atoms. The van der Waals surface area contributed by atoms with E-state index in [4.69, 9.17) is 4.74 Å². The maximum absolute atomic E-state index is 5.83. The van der Waals surface area contributed by atoms with Gasteiger partial charge in [-0.15, -0.1) is 11.3 Å². The zero-order valence-electron chi connectivity index (χ0n) is 10.3. The molecule has 1 aromatic carbocycles. The Hall–Kier alpha value is -1.39. The predicted octanol–water partition coefficient (Wildman–Crippen LogP) is 2.99. The van der Waals surface area contributed by atoms with E-state index < -0.39 is 0 Å². The largest absolute Gasteiger partial charge is 0.490 e. The maximum atomic E-state index is 5.83. The number of thiazole rings is 1. The minimum Gasteiger partial charge on any atom is -0.490 e. The van der Waals surface area contributed by atoms with E-state index in [0.717, 1.165) is 11.4 Å². The van der Waals surface area contributed by atoms with Gasteiger partial charge in [0.2, 0.25) is 0 Å². The Balaban J connectivity index is 1.84. The Morgan fingerprint density at radius 2 is 2.33 bits per heavy atom. The zero-order chi connectivity index (χ0) is 12.4. The second-order valence-electron chi connectivity index (χ2n) is 4.52. The van der Waals surface area contributed by atoms with Crippen molar-refractivity contribution in [3.05, 3.63) is 46.4 Å². The number of nitrogens with zero attached hydrogens (tertiary/aromatic N) is 1. The molecule has 2 aromatic rings. The summed E-state index contributed by atoms with van der Waals surface area (Å²) in [5.74, 6) is 0.963. The SMILES string of the molecule is CNC(c1cccc(OC2CC2)c1)c1cscn1. The van der Waals surface area contributed by atoms with Gasteiger partial charge in [0.1, 0.15) is 5.75 Å². The lowest BCUT2D eigenvalue weighted by atomic mass is 10.0. The third-order valence-electron chi connectivity index (χ3n) is 3.05. The lowest BCUT2D eigenvalue weighted by molar-refractivity contribution is 0.302. The first-order valence-corrected chi connectivity index (χ1v) is 7.13. The highest BCUT2D eigenvalue weighted by atomic mass is 32.1.